The molecule has 0 spiro atoms. The summed E-state index contributed by atoms with van der Waals surface area (Å²) < 4.78 is 1.95. The van der Waals surface area contributed by atoms with Gasteiger partial charge in [0.1, 0.15) is 0 Å². The highest BCUT2D eigenvalue weighted by Crippen LogP contribution is 2.29. The van der Waals surface area contributed by atoms with Crippen molar-refractivity contribution < 1.29 is 4.79 Å². The summed E-state index contributed by atoms with van der Waals surface area (Å²) in [4.78, 5) is 15.0. The molecule has 0 unspecified atom stereocenters. The van der Waals surface area contributed by atoms with E-state index in [1.165, 1.54) is 11.1 Å². The van der Waals surface area contributed by atoms with Gasteiger partial charge in [0.15, 0.2) is 0 Å². The van der Waals surface area contributed by atoms with Gasteiger partial charge in [-0.3, -0.25) is 9.48 Å². The number of nitrogens with zero attached hydrogens (tertiary/aromatic N) is 3. The Bertz CT molecular complexity index is 899. The summed E-state index contributed by atoms with van der Waals surface area (Å²) >= 11 is 0. The Morgan fingerprint density at radius 3 is 2.64 bits per heavy atom. The number of rotatable bonds is 4. The zero-order valence-corrected chi connectivity index (χ0v) is 14.4. The molecule has 0 saturated carbocycles. The van der Waals surface area contributed by atoms with Crippen molar-refractivity contribution in [2.24, 2.45) is 0 Å². The number of anilines is 1. The third-order valence-electron chi connectivity index (χ3n) is 4.82. The largest absolute Gasteiger partial charge is 0.308 e. The smallest absolute Gasteiger partial charge is 0.261 e. The van der Waals surface area contributed by atoms with Gasteiger partial charge in [-0.15, -0.1) is 0 Å². The lowest BCUT2D eigenvalue weighted by Gasteiger charge is -2.17. The average molecular weight is 331 g/mol. The van der Waals surface area contributed by atoms with Crippen molar-refractivity contribution in [2.75, 3.05) is 11.4 Å². The average Bonchev–Trinajstić information content (AvgIpc) is 3.26. The number of hydrogen-bond acceptors (Lipinski definition) is 2. The molecule has 1 aliphatic rings. The van der Waals surface area contributed by atoms with E-state index in [0.717, 1.165) is 36.3 Å². The predicted molar refractivity (Wildman–Crippen MR) is 99.0 cm³/mol. The fourth-order valence-electron chi connectivity index (χ4n) is 3.55. The molecule has 4 nitrogen and oxygen atoms in total. The van der Waals surface area contributed by atoms with Crippen LogP contribution in [0.5, 0.6) is 0 Å². The topological polar surface area (TPSA) is 38.1 Å². The number of aromatic nitrogens is 2. The SMILES string of the molecule is CCc1c(C(=O)N2CCc3ccccc32)cnn1Cc1ccccc1. The second-order valence-corrected chi connectivity index (χ2v) is 6.34. The van der Waals surface area contributed by atoms with Crippen LogP contribution in [0.2, 0.25) is 0 Å². The van der Waals surface area contributed by atoms with Crippen LogP contribution in [0, 0.1) is 0 Å². The first-order valence-corrected chi connectivity index (χ1v) is 8.76. The van der Waals surface area contributed by atoms with Crippen molar-refractivity contribution >= 4 is 11.6 Å². The Morgan fingerprint density at radius 2 is 1.84 bits per heavy atom. The van der Waals surface area contributed by atoms with Crippen LogP contribution in [0.1, 0.15) is 34.1 Å². The molecular formula is C21H21N3O. The van der Waals surface area contributed by atoms with Gasteiger partial charge in [-0.2, -0.15) is 5.10 Å². The molecule has 0 radical (unpaired) electrons. The molecular weight excluding hydrogens is 310 g/mol. The fraction of sp³-hybridized carbons (Fsp3) is 0.238. The van der Waals surface area contributed by atoms with Gasteiger partial charge < -0.3 is 4.90 Å². The van der Waals surface area contributed by atoms with Gasteiger partial charge in [0, 0.05) is 12.2 Å². The van der Waals surface area contributed by atoms with Crippen LogP contribution in [0.3, 0.4) is 0 Å². The third-order valence-corrected chi connectivity index (χ3v) is 4.82. The van der Waals surface area contributed by atoms with Crippen LogP contribution >= 0.6 is 0 Å². The minimum Gasteiger partial charge on any atom is -0.308 e. The Morgan fingerprint density at radius 1 is 1.08 bits per heavy atom. The van der Waals surface area contributed by atoms with Crippen LogP contribution in [0.15, 0.2) is 60.8 Å². The summed E-state index contributed by atoms with van der Waals surface area (Å²) in [6, 6.07) is 18.4. The number of hydrogen-bond donors (Lipinski definition) is 0. The van der Waals surface area contributed by atoms with Gasteiger partial charge in [-0.05, 0) is 30.0 Å². The maximum absolute atomic E-state index is 13.1. The van der Waals surface area contributed by atoms with Gasteiger partial charge in [-0.1, -0.05) is 55.5 Å². The summed E-state index contributed by atoms with van der Waals surface area (Å²) in [6.45, 7) is 3.51. The van der Waals surface area contributed by atoms with Crippen molar-refractivity contribution in [1.29, 1.82) is 0 Å². The van der Waals surface area contributed by atoms with E-state index in [1.54, 1.807) is 6.20 Å². The molecule has 25 heavy (non-hydrogen) atoms. The van der Waals surface area contributed by atoms with E-state index in [2.05, 4.69) is 30.2 Å². The second-order valence-electron chi connectivity index (χ2n) is 6.34. The Kier molecular flexibility index (Phi) is 4.10. The molecule has 0 aliphatic carbocycles. The summed E-state index contributed by atoms with van der Waals surface area (Å²) in [5.41, 5.74) is 5.18. The molecule has 1 amide bonds. The second kappa shape index (κ2) is 6.55. The number of benzene rings is 2. The monoisotopic (exact) mass is 331 g/mol. The Hall–Kier alpha value is -2.88. The molecule has 126 valence electrons. The van der Waals surface area contributed by atoms with Crippen molar-refractivity contribution in [3.8, 4) is 0 Å². The van der Waals surface area contributed by atoms with Crippen LogP contribution < -0.4 is 4.90 Å². The van der Waals surface area contributed by atoms with Gasteiger partial charge in [-0.25, -0.2) is 0 Å². The molecule has 1 aromatic heterocycles. The number of carbonyl (C=O) groups is 1. The fourth-order valence-corrected chi connectivity index (χ4v) is 3.55. The first-order chi connectivity index (χ1) is 12.3. The van der Waals surface area contributed by atoms with E-state index in [-0.39, 0.29) is 5.91 Å². The van der Waals surface area contributed by atoms with Gasteiger partial charge >= 0.3 is 0 Å². The summed E-state index contributed by atoms with van der Waals surface area (Å²) in [7, 11) is 0. The van der Waals surface area contributed by atoms with Crippen LogP contribution in [-0.2, 0) is 19.4 Å². The highest BCUT2D eigenvalue weighted by atomic mass is 16.2. The van der Waals surface area contributed by atoms with E-state index >= 15 is 0 Å². The van der Waals surface area contributed by atoms with E-state index < -0.39 is 0 Å². The number of para-hydroxylation sites is 1. The minimum atomic E-state index is 0.0566. The molecule has 0 N–H and O–H groups in total. The molecule has 4 rings (SSSR count). The van der Waals surface area contributed by atoms with Gasteiger partial charge in [0.25, 0.3) is 5.91 Å². The highest BCUT2D eigenvalue weighted by Gasteiger charge is 2.28. The molecule has 1 aliphatic heterocycles. The zero-order chi connectivity index (χ0) is 17.2. The first-order valence-electron chi connectivity index (χ1n) is 8.76. The highest BCUT2D eigenvalue weighted by molar-refractivity contribution is 6.07. The number of fused-ring (bicyclic) bond motifs is 1. The number of amides is 1. The number of carbonyl (C=O) groups excluding carboxylic acids is 1. The lowest BCUT2D eigenvalue weighted by molar-refractivity contribution is 0.0988. The first kappa shape index (κ1) is 15.6. The quantitative estimate of drug-likeness (QED) is 0.731. The zero-order valence-electron chi connectivity index (χ0n) is 14.4. The molecule has 0 bridgehead atoms. The predicted octanol–water partition coefficient (Wildman–Crippen LogP) is 3.70. The normalized spacial score (nSPS) is 13.1. The Labute approximate surface area is 147 Å². The Balaban J connectivity index is 1.64. The molecule has 0 fully saturated rings. The van der Waals surface area contributed by atoms with Crippen molar-refractivity contribution in [2.45, 2.75) is 26.3 Å². The summed E-state index contributed by atoms with van der Waals surface area (Å²) in [5.74, 6) is 0.0566. The van der Waals surface area contributed by atoms with Crippen LogP contribution in [0.25, 0.3) is 0 Å². The summed E-state index contributed by atoms with van der Waals surface area (Å²) in [5, 5.41) is 4.50. The standard InChI is InChI=1S/C21H21N3O/c1-2-19-18(14-22-24(19)15-16-8-4-3-5-9-16)21(25)23-13-12-17-10-6-7-11-20(17)23/h3-11,14H,2,12-13,15H2,1H3. The molecule has 0 saturated heterocycles. The molecule has 3 aromatic rings. The van der Waals surface area contributed by atoms with Crippen molar-refractivity contribution in [3.63, 3.8) is 0 Å². The third kappa shape index (κ3) is 2.84. The summed E-state index contributed by atoms with van der Waals surface area (Å²) in [6.07, 6.45) is 3.43. The maximum Gasteiger partial charge on any atom is 0.261 e. The van der Waals surface area contributed by atoms with Crippen LogP contribution in [-0.4, -0.2) is 22.2 Å². The molecule has 4 heteroatoms. The van der Waals surface area contributed by atoms with E-state index in [9.17, 15) is 4.79 Å². The maximum atomic E-state index is 13.1. The van der Waals surface area contributed by atoms with E-state index in [4.69, 9.17) is 0 Å². The molecule has 2 aromatic carbocycles. The van der Waals surface area contributed by atoms with Crippen molar-refractivity contribution in [1.82, 2.24) is 9.78 Å². The van der Waals surface area contributed by atoms with Crippen molar-refractivity contribution in [3.05, 3.63) is 83.2 Å². The lowest BCUT2D eigenvalue weighted by atomic mass is 10.1. The minimum absolute atomic E-state index is 0.0566. The molecule has 2 heterocycles. The van der Waals surface area contributed by atoms with Gasteiger partial charge in [0.2, 0.25) is 0 Å². The van der Waals surface area contributed by atoms with E-state index in [0.29, 0.717) is 6.54 Å². The van der Waals surface area contributed by atoms with Crippen LogP contribution in [0.4, 0.5) is 5.69 Å². The lowest BCUT2D eigenvalue weighted by Crippen LogP contribution is -2.29. The van der Waals surface area contributed by atoms with Gasteiger partial charge in [0.05, 0.1) is 24.0 Å². The molecule has 0 atom stereocenters. The van der Waals surface area contributed by atoms with E-state index in [1.807, 2.05) is 46.0 Å².